The molecule has 0 aliphatic heterocycles. The van der Waals surface area contributed by atoms with Crippen molar-refractivity contribution in [2.24, 2.45) is 7.05 Å². The van der Waals surface area contributed by atoms with Gasteiger partial charge in [0.25, 0.3) is 5.69 Å². The number of thiocarbonyl (C=S) groups is 1. The SMILES string of the molecule is Cn1nnnc1CCCC(=S)Oc1ccc([N+](=O)[O-])cc1. The van der Waals surface area contributed by atoms with Crippen molar-refractivity contribution in [1.82, 2.24) is 20.2 Å². The summed E-state index contributed by atoms with van der Waals surface area (Å²) < 4.78 is 7.06. The fourth-order valence-electron chi connectivity index (χ4n) is 1.67. The molecule has 8 nitrogen and oxygen atoms in total. The number of nitro benzene ring substituents is 1. The first kappa shape index (κ1) is 15.0. The number of ether oxygens (including phenoxy) is 1. The first-order chi connectivity index (χ1) is 10.1. The van der Waals surface area contributed by atoms with Crippen LogP contribution in [0.25, 0.3) is 0 Å². The molecule has 0 radical (unpaired) electrons. The molecule has 1 aromatic heterocycles. The highest BCUT2D eigenvalue weighted by Crippen LogP contribution is 2.18. The normalized spacial score (nSPS) is 10.3. The summed E-state index contributed by atoms with van der Waals surface area (Å²) in [5.74, 6) is 1.28. The van der Waals surface area contributed by atoms with E-state index < -0.39 is 4.92 Å². The van der Waals surface area contributed by atoms with Gasteiger partial charge in [0, 0.05) is 32.0 Å². The Morgan fingerprint density at radius 1 is 1.43 bits per heavy atom. The van der Waals surface area contributed by atoms with E-state index in [0.29, 0.717) is 23.6 Å². The molecular formula is C12H13N5O3S. The molecule has 21 heavy (non-hydrogen) atoms. The van der Waals surface area contributed by atoms with Crippen LogP contribution >= 0.6 is 12.2 Å². The van der Waals surface area contributed by atoms with Crippen molar-refractivity contribution in [3.8, 4) is 5.75 Å². The molecule has 1 heterocycles. The van der Waals surface area contributed by atoms with Crippen LogP contribution in [-0.2, 0) is 13.5 Å². The fraction of sp³-hybridized carbons (Fsp3) is 0.333. The summed E-state index contributed by atoms with van der Waals surface area (Å²) in [5, 5.41) is 22.1. The standard InChI is InChI=1S/C12H13N5O3S/c1-16-11(13-14-15-16)3-2-4-12(21)20-10-7-5-9(6-8-10)17(18)19/h5-8H,2-4H2,1H3. The van der Waals surface area contributed by atoms with E-state index in [1.54, 1.807) is 11.7 Å². The highest BCUT2D eigenvalue weighted by atomic mass is 32.1. The molecule has 9 heteroatoms. The number of hydrogen-bond donors (Lipinski definition) is 0. The number of aromatic nitrogens is 4. The molecule has 2 rings (SSSR count). The number of rotatable bonds is 6. The van der Waals surface area contributed by atoms with Crippen LogP contribution in [0.1, 0.15) is 18.7 Å². The van der Waals surface area contributed by atoms with Gasteiger partial charge >= 0.3 is 0 Å². The van der Waals surface area contributed by atoms with Crippen LogP contribution in [0.2, 0.25) is 0 Å². The van der Waals surface area contributed by atoms with E-state index in [4.69, 9.17) is 17.0 Å². The molecule has 0 spiro atoms. The van der Waals surface area contributed by atoms with E-state index >= 15 is 0 Å². The third kappa shape index (κ3) is 4.28. The zero-order valence-electron chi connectivity index (χ0n) is 11.3. The molecule has 0 unspecified atom stereocenters. The van der Waals surface area contributed by atoms with Crippen LogP contribution in [0.3, 0.4) is 0 Å². The second-order valence-electron chi connectivity index (χ2n) is 4.30. The first-order valence-electron chi connectivity index (χ1n) is 6.22. The molecule has 2 aromatic rings. The molecule has 0 aliphatic carbocycles. The molecule has 1 aromatic carbocycles. The van der Waals surface area contributed by atoms with E-state index in [2.05, 4.69) is 15.5 Å². The summed E-state index contributed by atoms with van der Waals surface area (Å²) in [4.78, 5) is 10.1. The second kappa shape index (κ2) is 6.84. The monoisotopic (exact) mass is 307 g/mol. The Kier molecular flexibility index (Phi) is 4.88. The Morgan fingerprint density at radius 3 is 2.71 bits per heavy atom. The average molecular weight is 307 g/mol. The van der Waals surface area contributed by atoms with Gasteiger partial charge < -0.3 is 4.74 Å². The lowest BCUT2D eigenvalue weighted by molar-refractivity contribution is -0.384. The van der Waals surface area contributed by atoms with Gasteiger partial charge in [-0.25, -0.2) is 4.68 Å². The third-order valence-corrected chi connectivity index (χ3v) is 3.06. The van der Waals surface area contributed by atoms with Gasteiger partial charge in [0.1, 0.15) is 5.75 Å². The van der Waals surface area contributed by atoms with Gasteiger partial charge in [-0.2, -0.15) is 0 Å². The van der Waals surface area contributed by atoms with Crippen molar-refractivity contribution in [3.05, 3.63) is 40.2 Å². The Bertz CT molecular complexity index is 641. The zero-order valence-corrected chi connectivity index (χ0v) is 12.1. The third-order valence-electron chi connectivity index (χ3n) is 2.77. The van der Waals surface area contributed by atoms with Crippen LogP contribution in [0.15, 0.2) is 24.3 Å². The minimum atomic E-state index is -0.461. The molecule has 0 amide bonds. The predicted octanol–water partition coefficient (Wildman–Crippen LogP) is 1.85. The maximum Gasteiger partial charge on any atom is 0.269 e. The number of hydrogen-bond acceptors (Lipinski definition) is 7. The number of non-ortho nitro benzene ring substituents is 1. The number of benzene rings is 1. The molecule has 110 valence electrons. The summed E-state index contributed by atoms with van der Waals surface area (Å²) in [6, 6.07) is 5.81. The molecule has 0 N–H and O–H groups in total. The van der Waals surface area contributed by atoms with E-state index in [1.807, 2.05) is 0 Å². The van der Waals surface area contributed by atoms with Gasteiger partial charge in [-0.3, -0.25) is 10.1 Å². The number of aryl methyl sites for hydroxylation is 2. The summed E-state index contributed by atoms with van der Waals surface area (Å²) >= 11 is 5.13. The minimum absolute atomic E-state index is 0.0167. The highest BCUT2D eigenvalue weighted by Gasteiger charge is 2.07. The van der Waals surface area contributed by atoms with Crippen molar-refractivity contribution in [1.29, 1.82) is 0 Å². The Labute approximate surface area is 125 Å². The largest absolute Gasteiger partial charge is 0.450 e. The van der Waals surface area contributed by atoms with Crippen LogP contribution in [0.5, 0.6) is 5.75 Å². The van der Waals surface area contributed by atoms with E-state index in [-0.39, 0.29) is 5.69 Å². The van der Waals surface area contributed by atoms with Gasteiger partial charge in [-0.15, -0.1) is 5.10 Å². The molecule has 0 aliphatic rings. The minimum Gasteiger partial charge on any atom is -0.450 e. The number of nitrogens with zero attached hydrogens (tertiary/aromatic N) is 5. The van der Waals surface area contributed by atoms with Gasteiger partial charge in [-0.05, 0) is 41.2 Å². The lowest BCUT2D eigenvalue weighted by Gasteiger charge is -2.06. The van der Waals surface area contributed by atoms with Gasteiger partial charge in [0.05, 0.1) is 4.92 Å². The van der Waals surface area contributed by atoms with Crippen LogP contribution in [0.4, 0.5) is 5.69 Å². The summed E-state index contributed by atoms with van der Waals surface area (Å²) in [6.45, 7) is 0. The van der Waals surface area contributed by atoms with Gasteiger partial charge in [0.2, 0.25) is 0 Å². The summed E-state index contributed by atoms with van der Waals surface area (Å²) in [6.07, 6.45) is 2.05. The van der Waals surface area contributed by atoms with Gasteiger partial charge in [0.15, 0.2) is 10.9 Å². The Morgan fingerprint density at radius 2 is 2.14 bits per heavy atom. The molecule has 0 bridgehead atoms. The van der Waals surface area contributed by atoms with Crippen LogP contribution in [-0.4, -0.2) is 30.2 Å². The number of nitro groups is 1. The predicted molar refractivity (Wildman–Crippen MR) is 78.1 cm³/mol. The summed E-state index contributed by atoms with van der Waals surface area (Å²) in [5.41, 5.74) is 0.0167. The Hall–Kier alpha value is -2.42. The van der Waals surface area contributed by atoms with Crippen molar-refractivity contribution < 1.29 is 9.66 Å². The molecular weight excluding hydrogens is 294 g/mol. The van der Waals surface area contributed by atoms with Crippen molar-refractivity contribution in [2.75, 3.05) is 0 Å². The zero-order chi connectivity index (χ0) is 15.2. The van der Waals surface area contributed by atoms with Crippen molar-refractivity contribution >= 4 is 23.0 Å². The average Bonchev–Trinajstić information content (AvgIpc) is 2.85. The fourth-order valence-corrected chi connectivity index (χ4v) is 1.91. The smallest absolute Gasteiger partial charge is 0.269 e. The molecule has 0 saturated heterocycles. The quantitative estimate of drug-likeness (QED) is 0.456. The molecule has 0 fully saturated rings. The second-order valence-corrected chi connectivity index (χ2v) is 4.75. The van der Waals surface area contributed by atoms with Crippen LogP contribution in [0, 0.1) is 10.1 Å². The van der Waals surface area contributed by atoms with E-state index in [0.717, 1.165) is 12.2 Å². The summed E-state index contributed by atoms with van der Waals surface area (Å²) in [7, 11) is 1.78. The highest BCUT2D eigenvalue weighted by molar-refractivity contribution is 7.80. The first-order valence-corrected chi connectivity index (χ1v) is 6.63. The van der Waals surface area contributed by atoms with Gasteiger partial charge in [-0.1, -0.05) is 0 Å². The lowest BCUT2D eigenvalue weighted by Crippen LogP contribution is -2.07. The molecule has 0 atom stereocenters. The lowest BCUT2D eigenvalue weighted by atomic mass is 10.2. The maximum absolute atomic E-state index is 10.5. The molecule has 0 saturated carbocycles. The van der Waals surface area contributed by atoms with Crippen molar-refractivity contribution in [2.45, 2.75) is 19.3 Å². The van der Waals surface area contributed by atoms with Crippen molar-refractivity contribution in [3.63, 3.8) is 0 Å². The van der Waals surface area contributed by atoms with E-state index in [1.165, 1.54) is 24.3 Å². The topological polar surface area (TPSA) is 96.0 Å². The van der Waals surface area contributed by atoms with Crippen LogP contribution < -0.4 is 4.74 Å². The Balaban J connectivity index is 1.79. The van der Waals surface area contributed by atoms with E-state index in [9.17, 15) is 10.1 Å². The number of tetrazole rings is 1. The maximum atomic E-state index is 10.5.